The minimum absolute atomic E-state index is 0.0180. The molecule has 0 unspecified atom stereocenters. The molecular weight excluding hydrogens is 335 g/mol. The van der Waals surface area contributed by atoms with Crippen molar-refractivity contribution in [3.05, 3.63) is 76.3 Å². The summed E-state index contributed by atoms with van der Waals surface area (Å²) in [7, 11) is 0. The number of hydrogen-bond acceptors (Lipinski definition) is 3. The molecule has 0 saturated heterocycles. The second-order valence-electron chi connectivity index (χ2n) is 5.29. The zero-order valence-electron chi connectivity index (χ0n) is 12.7. The van der Waals surface area contributed by atoms with E-state index in [0.717, 1.165) is 0 Å². The quantitative estimate of drug-likeness (QED) is 0.792. The number of carbonyl (C=O) groups is 1. The number of nitrogens with zero attached hydrogens (tertiary/aromatic N) is 2. The Hall–Kier alpha value is -3.16. The second-order valence-corrected chi connectivity index (χ2v) is 5.29. The Morgan fingerprint density at radius 3 is 2.36 bits per heavy atom. The molecule has 8 heteroatoms. The molecule has 25 heavy (non-hydrogen) atoms. The third-order valence-electron chi connectivity index (χ3n) is 3.47. The van der Waals surface area contributed by atoms with Crippen molar-refractivity contribution in [1.82, 2.24) is 9.66 Å². The first kappa shape index (κ1) is 16.7. The summed E-state index contributed by atoms with van der Waals surface area (Å²) >= 11 is 0. The van der Waals surface area contributed by atoms with Gasteiger partial charge in [0.1, 0.15) is 0 Å². The molecule has 0 aliphatic rings. The van der Waals surface area contributed by atoms with E-state index in [1.807, 2.05) is 5.43 Å². The van der Waals surface area contributed by atoms with E-state index >= 15 is 0 Å². The van der Waals surface area contributed by atoms with Gasteiger partial charge < -0.3 is 0 Å². The first-order valence-electron chi connectivity index (χ1n) is 7.29. The van der Waals surface area contributed by atoms with Crippen LogP contribution >= 0.6 is 0 Å². The maximum absolute atomic E-state index is 13.3. The summed E-state index contributed by atoms with van der Waals surface area (Å²) < 4.78 is 39.9. The van der Waals surface area contributed by atoms with Crippen molar-refractivity contribution in [1.29, 1.82) is 0 Å². The highest BCUT2D eigenvalue weighted by Crippen LogP contribution is 2.27. The van der Waals surface area contributed by atoms with Crippen LogP contribution in [-0.4, -0.2) is 15.6 Å². The fourth-order valence-electron chi connectivity index (χ4n) is 2.37. The summed E-state index contributed by atoms with van der Waals surface area (Å²) in [5.74, 6) is -2.23. The van der Waals surface area contributed by atoms with Gasteiger partial charge in [-0.1, -0.05) is 42.5 Å². The number of hydrogen-bond donors (Lipinski definition) is 1. The molecule has 0 aliphatic carbocycles. The zero-order valence-corrected chi connectivity index (χ0v) is 12.7. The number of carbonyl (C=O) groups excluding carboxylic acids is 1. The Kier molecular flexibility index (Phi) is 4.26. The molecule has 0 saturated carbocycles. The van der Waals surface area contributed by atoms with E-state index in [2.05, 4.69) is 4.98 Å². The van der Waals surface area contributed by atoms with Crippen LogP contribution in [0.15, 0.2) is 59.4 Å². The minimum atomic E-state index is -4.90. The van der Waals surface area contributed by atoms with Crippen molar-refractivity contribution in [3.63, 3.8) is 0 Å². The van der Waals surface area contributed by atoms with Crippen molar-refractivity contribution in [2.45, 2.75) is 12.6 Å². The van der Waals surface area contributed by atoms with Gasteiger partial charge in [0.2, 0.25) is 11.7 Å². The van der Waals surface area contributed by atoms with Crippen LogP contribution in [0.1, 0.15) is 11.4 Å². The molecule has 3 aromatic rings. The smallest absolute Gasteiger partial charge is 0.273 e. The summed E-state index contributed by atoms with van der Waals surface area (Å²) in [6, 6.07) is 14.1. The molecule has 1 N–H and O–H groups in total. The largest absolute Gasteiger partial charge is 0.451 e. The van der Waals surface area contributed by atoms with Crippen LogP contribution in [0.25, 0.3) is 10.9 Å². The number of rotatable bonds is 3. The Balaban J connectivity index is 2.03. The molecule has 3 rings (SSSR count). The van der Waals surface area contributed by atoms with E-state index in [1.54, 1.807) is 30.3 Å². The van der Waals surface area contributed by atoms with Gasteiger partial charge in [-0.25, -0.2) is 4.98 Å². The third kappa shape index (κ3) is 3.52. The molecule has 0 fully saturated rings. The number of para-hydroxylation sites is 1. The van der Waals surface area contributed by atoms with E-state index in [4.69, 9.17) is 0 Å². The maximum Gasteiger partial charge on any atom is 0.451 e. The van der Waals surface area contributed by atoms with Crippen LogP contribution in [0.2, 0.25) is 0 Å². The Bertz CT molecular complexity index is 982. The molecule has 2 aromatic carbocycles. The van der Waals surface area contributed by atoms with Crippen molar-refractivity contribution in [2.24, 2.45) is 0 Å². The van der Waals surface area contributed by atoms with E-state index in [-0.39, 0.29) is 22.0 Å². The Labute approximate surface area is 139 Å². The molecular formula is C17H12F3N3O2. The number of aromatic nitrogens is 2. The van der Waals surface area contributed by atoms with Crippen LogP contribution in [0.3, 0.4) is 0 Å². The van der Waals surface area contributed by atoms with Gasteiger partial charge in [-0.15, -0.1) is 0 Å². The van der Waals surface area contributed by atoms with Crippen LogP contribution in [-0.2, 0) is 17.4 Å². The van der Waals surface area contributed by atoms with E-state index in [0.29, 0.717) is 5.56 Å². The lowest BCUT2D eigenvalue weighted by molar-refractivity contribution is -0.147. The van der Waals surface area contributed by atoms with Gasteiger partial charge >= 0.3 is 6.18 Å². The minimum Gasteiger partial charge on any atom is -0.273 e. The van der Waals surface area contributed by atoms with Gasteiger partial charge in [0, 0.05) is 0 Å². The zero-order chi connectivity index (χ0) is 18.0. The number of alkyl halides is 3. The highest BCUT2D eigenvalue weighted by Gasteiger charge is 2.38. The van der Waals surface area contributed by atoms with Crippen LogP contribution in [0.5, 0.6) is 0 Å². The van der Waals surface area contributed by atoms with Crippen molar-refractivity contribution < 1.29 is 18.0 Å². The van der Waals surface area contributed by atoms with Gasteiger partial charge in [0.05, 0.1) is 17.3 Å². The second kappa shape index (κ2) is 6.39. The number of fused-ring (bicyclic) bond motifs is 1. The van der Waals surface area contributed by atoms with Gasteiger partial charge in [-0.3, -0.25) is 15.0 Å². The number of benzene rings is 2. The molecule has 0 spiro atoms. The summed E-state index contributed by atoms with van der Waals surface area (Å²) in [6.45, 7) is 0. The standard InChI is InChI=1S/C17H12F3N3O2/c18-17(19,20)16-21-13-9-5-4-8-12(13)15(25)23(16)22-14(24)10-11-6-2-1-3-7-11/h1-9H,10H2,(H,22,24). The van der Waals surface area contributed by atoms with Gasteiger partial charge in [0.25, 0.3) is 5.56 Å². The van der Waals surface area contributed by atoms with Gasteiger partial charge in [-0.2, -0.15) is 17.8 Å². The first-order chi connectivity index (χ1) is 11.9. The fraction of sp³-hybridized carbons (Fsp3) is 0.118. The topological polar surface area (TPSA) is 64.0 Å². The van der Waals surface area contributed by atoms with E-state index in [9.17, 15) is 22.8 Å². The highest BCUT2D eigenvalue weighted by atomic mass is 19.4. The average Bonchev–Trinajstić information content (AvgIpc) is 2.57. The summed E-state index contributed by atoms with van der Waals surface area (Å²) in [6.07, 6.45) is -5.07. The molecule has 1 aromatic heterocycles. The molecule has 128 valence electrons. The molecule has 5 nitrogen and oxygen atoms in total. The molecule has 0 bridgehead atoms. The summed E-state index contributed by atoms with van der Waals surface area (Å²) in [5.41, 5.74) is 1.54. The molecule has 0 aliphatic heterocycles. The lowest BCUT2D eigenvalue weighted by Gasteiger charge is -2.16. The van der Waals surface area contributed by atoms with E-state index < -0.39 is 23.5 Å². The molecule has 0 radical (unpaired) electrons. The first-order valence-corrected chi connectivity index (χ1v) is 7.29. The Morgan fingerprint density at radius 2 is 1.68 bits per heavy atom. The predicted octanol–water partition coefficient (Wildman–Crippen LogP) is 2.73. The lowest BCUT2D eigenvalue weighted by atomic mass is 10.1. The Morgan fingerprint density at radius 1 is 1.04 bits per heavy atom. The van der Waals surface area contributed by atoms with Crippen LogP contribution in [0.4, 0.5) is 13.2 Å². The normalized spacial score (nSPS) is 11.5. The number of amides is 1. The van der Waals surface area contributed by atoms with E-state index in [1.165, 1.54) is 24.3 Å². The monoisotopic (exact) mass is 347 g/mol. The predicted molar refractivity (Wildman–Crippen MR) is 85.5 cm³/mol. The van der Waals surface area contributed by atoms with Crippen molar-refractivity contribution in [2.75, 3.05) is 5.43 Å². The molecule has 0 atom stereocenters. The van der Waals surface area contributed by atoms with Crippen LogP contribution < -0.4 is 11.0 Å². The average molecular weight is 347 g/mol. The van der Waals surface area contributed by atoms with Crippen LogP contribution in [0, 0.1) is 0 Å². The maximum atomic E-state index is 13.3. The molecule has 1 amide bonds. The third-order valence-corrected chi connectivity index (χ3v) is 3.47. The highest BCUT2D eigenvalue weighted by molar-refractivity contribution is 5.86. The number of nitrogens with one attached hydrogen (secondary N) is 1. The van der Waals surface area contributed by atoms with Crippen molar-refractivity contribution in [3.8, 4) is 0 Å². The SMILES string of the molecule is O=C(Cc1ccccc1)Nn1c(C(F)(F)F)nc2ccccc2c1=O. The van der Waals surface area contributed by atoms with Gasteiger partial charge in [0.15, 0.2) is 0 Å². The fourth-order valence-corrected chi connectivity index (χ4v) is 2.37. The molecule has 1 heterocycles. The summed E-state index contributed by atoms with van der Waals surface area (Å²) in [5, 5.41) is -0.0180. The summed E-state index contributed by atoms with van der Waals surface area (Å²) in [4.78, 5) is 28.0. The number of halogens is 3. The van der Waals surface area contributed by atoms with Crippen molar-refractivity contribution >= 4 is 16.8 Å². The lowest BCUT2D eigenvalue weighted by Crippen LogP contribution is -2.39. The van der Waals surface area contributed by atoms with Gasteiger partial charge in [-0.05, 0) is 17.7 Å².